The van der Waals surface area contributed by atoms with E-state index in [1.807, 2.05) is 6.08 Å². The number of anilines is 1. The van der Waals surface area contributed by atoms with Crippen LogP contribution >= 0.6 is 24.0 Å². The average molecular weight is 418 g/mol. The summed E-state index contributed by atoms with van der Waals surface area (Å²) in [5.41, 5.74) is 2.32. The van der Waals surface area contributed by atoms with Gasteiger partial charge in [-0.1, -0.05) is 36.1 Å². The van der Waals surface area contributed by atoms with Gasteiger partial charge in [0.1, 0.15) is 4.32 Å². The second-order valence-corrected chi connectivity index (χ2v) is 9.10. The van der Waals surface area contributed by atoms with E-state index in [2.05, 4.69) is 34.1 Å². The summed E-state index contributed by atoms with van der Waals surface area (Å²) in [4.78, 5) is 20.0. The van der Waals surface area contributed by atoms with E-state index >= 15 is 0 Å². The predicted molar refractivity (Wildman–Crippen MR) is 120 cm³/mol. The van der Waals surface area contributed by atoms with Crippen LogP contribution in [-0.2, 0) is 9.53 Å². The highest BCUT2D eigenvalue weighted by Crippen LogP contribution is 2.32. The molecular weight excluding hydrogens is 390 g/mol. The molecule has 0 spiro atoms. The fourth-order valence-electron chi connectivity index (χ4n) is 3.84. The number of amides is 1. The second-order valence-electron chi connectivity index (χ2n) is 7.43. The Hall–Kier alpha value is -1.41. The van der Waals surface area contributed by atoms with Crippen molar-refractivity contribution >= 4 is 46.0 Å². The molecule has 1 amide bonds. The third-order valence-electron chi connectivity index (χ3n) is 5.53. The molecule has 0 bridgehead atoms. The van der Waals surface area contributed by atoms with Gasteiger partial charge in [-0.15, -0.1) is 0 Å². The zero-order chi connectivity index (χ0) is 19.3. The number of nitrogens with zero attached hydrogens (tertiary/aromatic N) is 3. The van der Waals surface area contributed by atoms with Crippen molar-refractivity contribution in [2.45, 2.75) is 19.3 Å². The lowest BCUT2D eigenvalue weighted by molar-refractivity contribution is -0.122. The Morgan fingerprint density at radius 1 is 1.00 bits per heavy atom. The molecule has 0 N–H and O–H groups in total. The Bertz CT molecular complexity index is 739. The van der Waals surface area contributed by atoms with Crippen molar-refractivity contribution in [2.24, 2.45) is 0 Å². The standard InChI is InChI=1S/C21H27N3O2S2/c25-20-19(28-21(27)24(20)11-10-22-12-14-26-15-13-22)16-17-4-6-18(7-5-17)23-8-2-1-3-9-23/h4-7,16H,1-3,8-15H2. The minimum atomic E-state index is 0.0309. The molecule has 4 rings (SSSR count). The Balaban J connectivity index is 1.37. The molecule has 5 nitrogen and oxygen atoms in total. The van der Waals surface area contributed by atoms with Gasteiger partial charge < -0.3 is 9.64 Å². The van der Waals surface area contributed by atoms with Gasteiger partial charge in [-0.05, 0) is 43.0 Å². The van der Waals surface area contributed by atoms with Crippen molar-refractivity contribution < 1.29 is 9.53 Å². The Labute approximate surface area is 176 Å². The topological polar surface area (TPSA) is 36.0 Å². The molecule has 0 unspecified atom stereocenters. The SMILES string of the molecule is O=C1C(=Cc2ccc(N3CCCCC3)cc2)SC(=S)N1CCN1CCOCC1. The summed E-state index contributed by atoms with van der Waals surface area (Å²) < 4.78 is 6.04. The molecule has 3 aliphatic rings. The number of piperidine rings is 1. The van der Waals surface area contributed by atoms with Crippen LogP contribution in [0.25, 0.3) is 6.08 Å². The zero-order valence-corrected chi connectivity index (χ0v) is 17.8. The maximum Gasteiger partial charge on any atom is 0.266 e. The number of thioether (sulfide) groups is 1. The Morgan fingerprint density at radius 2 is 1.71 bits per heavy atom. The van der Waals surface area contributed by atoms with Crippen LogP contribution in [0.15, 0.2) is 29.2 Å². The molecule has 3 fully saturated rings. The normalized spacial score (nSPS) is 23.1. The van der Waals surface area contributed by atoms with Crippen molar-refractivity contribution in [1.29, 1.82) is 0 Å². The van der Waals surface area contributed by atoms with Crippen molar-refractivity contribution in [1.82, 2.24) is 9.80 Å². The molecule has 3 aliphatic heterocycles. The van der Waals surface area contributed by atoms with Crippen LogP contribution in [0.5, 0.6) is 0 Å². The first-order valence-corrected chi connectivity index (χ1v) is 11.3. The lowest BCUT2D eigenvalue weighted by Crippen LogP contribution is -2.42. The molecular formula is C21H27N3O2S2. The average Bonchev–Trinajstić information content (AvgIpc) is 3.01. The van der Waals surface area contributed by atoms with Crippen LogP contribution in [-0.4, -0.2) is 72.5 Å². The number of carbonyl (C=O) groups is 1. The number of rotatable bonds is 5. The van der Waals surface area contributed by atoms with Gasteiger partial charge in [0.2, 0.25) is 0 Å². The van der Waals surface area contributed by atoms with E-state index in [9.17, 15) is 4.79 Å². The molecule has 0 aromatic heterocycles. The van der Waals surface area contributed by atoms with Gasteiger partial charge in [0.25, 0.3) is 5.91 Å². The van der Waals surface area contributed by atoms with Crippen LogP contribution in [0, 0.1) is 0 Å². The maximum absolute atomic E-state index is 12.8. The van der Waals surface area contributed by atoms with Crippen LogP contribution in [0.3, 0.4) is 0 Å². The first kappa shape index (κ1) is 19.9. The number of morpholine rings is 1. The van der Waals surface area contributed by atoms with Gasteiger partial charge in [0.05, 0.1) is 18.1 Å². The van der Waals surface area contributed by atoms with E-state index in [1.54, 1.807) is 4.90 Å². The molecule has 0 radical (unpaired) electrons. The summed E-state index contributed by atoms with van der Waals surface area (Å²) in [5, 5.41) is 0. The van der Waals surface area contributed by atoms with Crippen LogP contribution < -0.4 is 4.90 Å². The third-order valence-corrected chi connectivity index (χ3v) is 6.91. The number of hydrogen-bond donors (Lipinski definition) is 0. The van der Waals surface area contributed by atoms with E-state index in [0.717, 1.165) is 56.4 Å². The maximum atomic E-state index is 12.8. The molecule has 0 atom stereocenters. The molecule has 3 saturated heterocycles. The number of benzene rings is 1. The fourth-order valence-corrected chi connectivity index (χ4v) is 5.15. The first-order valence-electron chi connectivity index (χ1n) is 10.1. The molecule has 150 valence electrons. The van der Waals surface area contributed by atoms with E-state index in [0.29, 0.717) is 10.9 Å². The minimum absolute atomic E-state index is 0.0309. The molecule has 0 saturated carbocycles. The van der Waals surface area contributed by atoms with Gasteiger partial charge in [-0.25, -0.2) is 0 Å². The third kappa shape index (κ3) is 4.76. The van der Waals surface area contributed by atoms with Gasteiger partial charge in [-0.3, -0.25) is 14.6 Å². The first-order chi connectivity index (χ1) is 13.7. The highest BCUT2D eigenvalue weighted by Gasteiger charge is 2.32. The van der Waals surface area contributed by atoms with E-state index < -0.39 is 0 Å². The lowest BCUT2D eigenvalue weighted by Gasteiger charge is -2.28. The quantitative estimate of drug-likeness (QED) is 0.541. The van der Waals surface area contributed by atoms with Crippen molar-refractivity contribution in [3.63, 3.8) is 0 Å². The summed E-state index contributed by atoms with van der Waals surface area (Å²) in [5.74, 6) is 0.0309. The fraction of sp³-hybridized carbons (Fsp3) is 0.524. The zero-order valence-electron chi connectivity index (χ0n) is 16.1. The second kappa shape index (κ2) is 9.39. The minimum Gasteiger partial charge on any atom is -0.379 e. The summed E-state index contributed by atoms with van der Waals surface area (Å²) >= 11 is 6.87. The molecule has 0 aliphatic carbocycles. The number of thiocarbonyl (C=S) groups is 1. The summed E-state index contributed by atoms with van der Waals surface area (Å²) in [6, 6.07) is 8.53. The van der Waals surface area contributed by atoms with Crippen LogP contribution in [0.4, 0.5) is 5.69 Å². The van der Waals surface area contributed by atoms with Crippen molar-refractivity contribution in [2.75, 3.05) is 57.4 Å². The molecule has 3 heterocycles. The van der Waals surface area contributed by atoms with E-state index in [-0.39, 0.29) is 5.91 Å². The molecule has 1 aromatic rings. The molecule has 1 aromatic carbocycles. The Kier molecular flexibility index (Phi) is 6.67. The van der Waals surface area contributed by atoms with Gasteiger partial charge in [-0.2, -0.15) is 0 Å². The van der Waals surface area contributed by atoms with Crippen molar-refractivity contribution in [3.8, 4) is 0 Å². The largest absolute Gasteiger partial charge is 0.379 e. The van der Waals surface area contributed by atoms with Crippen LogP contribution in [0.1, 0.15) is 24.8 Å². The highest BCUT2D eigenvalue weighted by molar-refractivity contribution is 8.26. The van der Waals surface area contributed by atoms with Gasteiger partial charge in [0.15, 0.2) is 0 Å². The highest BCUT2D eigenvalue weighted by atomic mass is 32.2. The van der Waals surface area contributed by atoms with E-state index in [1.165, 1.54) is 36.7 Å². The summed E-state index contributed by atoms with van der Waals surface area (Å²) in [6.45, 7) is 7.16. The lowest BCUT2D eigenvalue weighted by atomic mass is 10.1. The molecule has 28 heavy (non-hydrogen) atoms. The van der Waals surface area contributed by atoms with Crippen molar-refractivity contribution in [3.05, 3.63) is 34.7 Å². The number of carbonyl (C=O) groups excluding carboxylic acids is 1. The predicted octanol–water partition coefficient (Wildman–Crippen LogP) is 3.21. The summed E-state index contributed by atoms with van der Waals surface area (Å²) in [6.07, 6.45) is 5.85. The van der Waals surface area contributed by atoms with Crippen LogP contribution in [0.2, 0.25) is 0 Å². The molecule has 7 heteroatoms. The van der Waals surface area contributed by atoms with Gasteiger partial charge >= 0.3 is 0 Å². The number of ether oxygens (including phenoxy) is 1. The van der Waals surface area contributed by atoms with E-state index in [4.69, 9.17) is 17.0 Å². The summed E-state index contributed by atoms with van der Waals surface area (Å²) in [7, 11) is 0. The Morgan fingerprint density at radius 3 is 2.43 bits per heavy atom. The monoisotopic (exact) mass is 417 g/mol. The smallest absolute Gasteiger partial charge is 0.266 e. The number of hydrogen-bond acceptors (Lipinski definition) is 6. The van der Waals surface area contributed by atoms with Gasteiger partial charge in [0, 0.05) is 45.0 Å².